The summed E-state index contributed by atoms with van der Waals surface area (Å²) in [6.07, 6.45) is 0. The lowest BCUT2D eigenvalue weighted by molar-refractivity contribution is 0.590. The van der Waals surface area contributed by atoms with Gasteiger partial charge in [0.1, 0.15) is 0 Å². The van der Waals surface area contributed by atoms with Crippen molar-refractivity contribution in [1.29, 1.82) is 0 Å². The number of fused-ring (bicyclic) bond motifs is 3. The Balaban J connectivity index is 1.82. The third kappa shape index (κ3) is 3.43. The van der Waals surface area contributed by atoms with Crippen LogP contribution in [0.5, 0.6) is 0 Å². The number of aryl methyl sites for hydroxylation is 2. The van der Waals surface area contributed by atoms with E-state index in [-0.39, 0.29) is 4.90 Å². The van der Waals surface area contributed by atoms with E-state index in [0.717, 1.165) is 38.7 Å². The van der Waals surface area contributed by atoms with Crippen molar-refractivity contribution < 1.29 is 8.42 Å². The van der Waals surface area contributed by atoms with Crippen LogP contribution in [0.4, 0.5) is 0 Å². The van der Waals surface area contributed by atoms with E-state index in [2.05, 4.69) is 12.1 Å². The normalized spacial score (nSPS) is 11.8. The summed E-state index contributed by atoms with van der Waals surface area (Å²) >= 11 is 0. The molecule has 0 aliphatic carbocycles. The third-order valence-electron chi connectivity index (χ3n) is 6.61. The van der Waals surface area contributed by atoms with Crippen LogP contribution in [-0.4, -0.2) is 17.4 Å². The average molecular weight is 489 g/mol. The summed E-state index contributed by atoms with van der Waals surface area (Å²) < 4.78 is 29.7. The van der Waals surface area contributed by atoms with Crippen molar-refractivity contribution in [3.8, 4) is 22.4 Å². The Morgan fingerprint density at radius 3 is 1.92 bits per heavy atom. The second-order valence-corrected chi connectivity index (χ2v) is 10.8. The summed E-state index contributed by atoms with van der Waals surface area (Å²) in [7, 11) is -3.89. The van der Waals surface area contributed by atoms with Gasteiger partial charge in [-0.15, -0.1) is 0 Å². The monoisotopic (exact) mass is 488 g/mol. The molecule has 4 nitrogen and oxygen atoms in total. The maximum atomic E-state index is 14.1. The number of hydrogen-bond acceptors (Lipinski definition) is 3. The molecule has 176 valence electrons. The maximum absolute atomic E-state index is 14.1. The summed E-state index contributed by atoms with van der Waals surface area (Å²) in [5.41, 5.74) is 6.65. The number of nitrogens with zero attached hydrogens (tertiary/aromatic N) is 2. The molecular formula is C31H24N2O2S. The molecule has 4 aromatic carbocycles. The second kappa shape index (κ2) is 8.47. The number of hydrogen-bond donors (Lipinski definition) is 0. The van der Waals surface area contributed by atoms with Gasteiger partial charge in [0.15, 0.2) is 0 Å². The predicted molar refractivity (Wildman–Crippen MR) is 147 cm³/mol. The highest BCUT2D eigenvalue weighted by Crippen LogP contribution is 2.43. The van der Waals surface area contributed by atoms with Gasteiger partial charge in [-0.25, -0.2) is 12.4 Å². The van der Waals surface area contributed by atoms with Crippen LogP contribution < -0.4 is 0 Å². The van der Waals surface area contributed by atoms with Gasteiger partial charge >= 0.3 is 0 Å². The van der Waals surface area contributed by atoms with Gasteiger partial charge in [0.05, 0.1) is 27.3 Å². The zero-order valence-corrected chi connectivity index (χ0v) is 20.8. The summed E-state index contributed by atoms with van der Waals surface area (Å²) in [5.74, 6) is 0. The Labute approximate surface area is 210 Å². The van der Waals surface area contributed by atoms with Crippen LogP contribution in [0.3, 0.4) is 0 Å². The molecule has 0 fully saturated rings. The zero-order valence-electron chi connectivity index (χ0n) is 20.0. The molecule has 0 aliphatic rings. The number of pyridine rings is 1. The lowest BCUT2D eigenvalue weighted by atomic mass is 9.94. The minimum atomic E-state index is -3.89. The van der Waals surface area contributed by atoms with E-state index in [1.54, 1.807) is 12.1 Å². The number of benzene rings is 4. The second-order valence-electron chi connectivity index (χ2n) is 8.98. The van der Waals surface area contributed by atoms with Crippen LogP contribution in [0.2, 0.25) is 0 Å². The van der Waals surface area contributed by atoms with Crippen LogP contribution >= 0.6 is 0 Å². The molecule has 0 radical (unpaired) electrons. The molecule has 5 heteroatoms. The fourth-order valence-electron chi connectivity index (χ4n) is 4.94. The summed E-state index contributed by atoms with van der Waals surface area (Å²) in [6.45, 7) is 3.84. The molecule has 0 atom stereocenters. The number of rotatable bonds is 4. The van der Waals surface area contributed by atoms with Gasteiger partial charge in [-0.05, 0) is 37.6 Å². The molecular weight excluding hydrogens is 464 g/mol. The van der Waals surface area contributed by atoms with Crippen LogP contribution in [0.25, 0.3) is 44.2 Å². The molecule has 0 aliphatic heterocycles. The van der Waals surface area contributed by atoms with Crippen molar-refractivity contribution in [2.24, 2.45) is 0 Å². The highest BCUT2D eigenvalue weighted by Gasteiger charge is 2.28. The van der Waals surface area contributed by atoms with Crippen molar-refractivity contribution in [1.82, 2.24) is 8.96 Å². The van der Waals surface area contributed by atoms with E-state index >= 15 is 0 Å². The Morgan fingerprint density at radius 2 is 1.25 bits per heavy atom. The lowest BCUT2D eigenvalue weighted by Gasteiger charge is -2.15. The maximum Gasteiger partial charge on any atom is 0.268 e. The van der Waals surface area contributed by atoms with Crippen LogP contribution in [0, 0.1) is 13.8 Å². The largest absolute Gasteiger partial charge is 0.268 e. The summed E-state index contributed by atoms with van der Waals surface area (Å²) in [5, 5.41) is 1.77. The van der Waals surface area contributed by atoms with Crippen LogP contribution in [0.1, 0.15) is 11.3 Å². The first kappa shape index (κ1) is 22.3. The van der Waals surface area contributed by atoms with Gasteiger partial charge in [0, 0.05) is 21.9 Å². The number of para-hydroxylation sites is 1. The quantitative estimate of drug-likeness (QED) is 0.260. The molecule has 36 heavy (non-hydrogen) atoms. The van der Waals surface area contributed by atoms with Crippen LogP contribution in [0.15, 0.2) is 114 Å². The zero-order chi connectivity index (χ0) is 24.9. The molecule has 2 aromatic heterocycles. The molecule has 0 spiro atoms. The molecule has 0 N–H and O–H groups in total. The van der Waals surface area contributed by atoms with Crippen molar-refractivity contribution in [3.63, 3.8) is 0 Å². The van der Waals surface area contributed by atoms with E-state index in [1.165, 1.54) is 3.97 Å². The van der Waals surface area contributed by atoms with E-state index in [4.69, 9.17) is 4.98 Å². The van der Waals surface area contributed by atoms with Gasteiger partial charge in [0.25, 0.3) is 10.0 Å². The van der Waals surface area contributed by atoms with Gasteiger partial charge in [0.2, 0.25) is 0 Å². The summed E-state index contributed by atoms with van der Waals surface area (Å²) in [6, 6.07) is 34.9. The van der Waals surface area contributed by atoms with Gasteiger partial charge < -0.3 is 0 Å². The Bertz CT molecular complexity index is 1840. The number of aromatic nitrogens is 2. The Hall–Kier alpha value is -4.22. The molecule has 0 unspecified atom stereocenters. The predicted octanol–water partition coefficient (Wildman–Crippen LogP) is 7.38. The fraction of sp³-hybridized carbons (Fsp3) is 0.0645. The lowest BCUT2D eigenvalue weighted by Crippen LogP contribution is -2.13. The Kier molecular flexibility index (Phi) is 5.23. The fourth-order valence-corrected chi connectivity index (χ4v) is 6.52. The first-order valence-corrected chi connectivity index (χ1v) is 13.3. The van der Waals surface area contributed by atoms with Crippen LogP contribution in [-0.2, 0) is 10.0 Å². The molecule has 0 bridgehead atoms. The average Bonchev–Trinajstić information content (AvgIpc) is 3.27. The topological polar surface area (TPSA) is 52.0 Å². The van der Waals surface area contributed by atoms with Gasteiger partial charge in [-0.2, -0.15) is 0 Å². The van der Waals surface area contributed by atoms with Crippen molar-refractivity contribution in [3.05, 3.63) is 120 Å². The van der Waals surface area contributed by atoms with Crippen molar-refractivity contribution in [2.45, 2.75) is 18.7 Å². The van der Waals surface area contributed by atoms with Crippen molar-refractivity contribution in [2.75, 3.05) is 0 Å². The minimum Gasteiger partial charge on any atom is -0.250 e. The van der Waals surface area contributed by atoms with E-state index in [1.807, 2.05) is 98.8 Å². The van der Waals surface area contributed by atoms with E-state index < -0.39 is 10.0 Å². The third-order valence-corrected chi connectivity index (χ3v) is 8.34. The molecule has 2 heterocycles. The Morgan fingerprint density at radius 1 is 0.667 bits per heavy atom. The first-order chi connectivity index (χ1) is 17.5. The SMILES string of the molecule is Cc1ccc(S(=O)(=O)n2c3ccccc3c3c(-c4ccccc4)c(-c4ccccc4)nc(C)c32)cc1. The molecule has 0 saturated carbocycles. The summed E-state index contributed by atoms with van der Waals surface area (Å²) in [4.78, 5) is 5.29. The van der Waals surface area contributed by atoms with Gasteiger partial charge in [-0.1, -0.05) is 96.6 Å². The highest BCUT2D eigenvalue weighted by molar-refractivity contribution is 7.90. The molecule has 6 rings (SSSR count). The minimum absolute atomic E-state index is 0.253. The van der Waals surface area contributed by atoms with E-state index in [9.17, 15) is 8.42 Å². The first-order valence-electron chi connectivity index (χ1n) is 11.8. The highest BCUT2D eigenvalue weighted by atomic mass is 32.2. The van der Waals surface area contributed by atoms with Crippen molar-refractivity contribution >= 4 is 31.8 Å². The van der Waals surface area contributed by atoms with E-state index in [0.29, 0.717) is 16.7 Å². The smallest absolute Gasteiger partial charge is 0.250 e. The van der Waals surface area contributed by atoms with Gasteiger partial charge in [-0.3, -0.25) is 4.98 Å². The molecule has 0 saturated heterocycles. The standard InChI is InChI=1S/C31H24N2O2S/c1-21-17-19-25(20-18-21)36(34,35)33-27-16-10-9-15-26(27)29-28(23-11-5-3-6-12-23)30(32-22(2)31(29)33)24-13-7-4-8-14-24/h3-20H,1-2H3. The molecule has 0 amide bonds. The molecule has 6 aromatic rings.